The normalized spacial score (nSPS) is 16.8. The number of carbonyl (C=O) groups excluding carboxylic acids is 1. The first-order chi connectivity index (χ1) is 16.9. The lowest BCUT2D eigenvalue weighted by Crippen LogP contribution is -2.52. The molecule has 0 radical (unpaired) electrons. The number of halogens is 2. The Morgan fingerprint density at radius 2 is 1.89 bits per heavy atom. The van der Waals surface area contributed by atoms with Crippen molar-refractivity contribution in [1.29, 1.82) is 0 Å². The van der Waals surface area contributed by atoms with E-state index in [1.54, 1.807) is 13.3 Å². The zero-order chi connectivity index (χ0) is 24.6. The van der Waals surface area contributed by atoms with Gasteiger partial charge in [0.25, 0.3) is 0 Å². The Balaban J connectivity index is 1.17. The minimum atomic E-state index is -0.0357. The van der Waals surface area contributed by atoms with E-state index in [1.807, 2.05) is 42.2 Å². The molecule has 1 N–H and O–H groups in total. The van der Waals surface area contributed by atoms with E-state index in [9.17, 15) is 4.79 Å². The molecule has 2 amide bonds. The Kier molecular flexibility index (Phi) is 6.55. The molecule has 35 heavy (non-hydrogen) atoms. The first kappa shape index (κ1) is 23.8. The predicted octanol–water partition coefficient (Wildman–Crippen LogP) is 5.53. The number of nitrogens with one attached hydrogen (secondary N) is 1. The Morgan fingerprint density at radius 1 is 1.11 bits per heavy atom. The number of urea groups is 1. The van der Waals surface area contributed by atoms with Gasteiger partial charge in [-0.2, -0.15) is 0 Å². The van der Waals surface area contributed by atoms with Crippen molar-refractivity contribution in [2.75, 3.05) is 44.7 Å². The number of piperazine rings is 1. The monoisotopic (exact) mass is 514 g/mol. The van der Waals surface area contributed by atoms with Crippen LogP contribution in [0.3, 0.4) is 0 Å². The van der Waals surface area contributed by atoms with Gasteiger partial charge < -0.3 is 24.3 Å². The molecule has 1 saturated heterocycles. The second-order valence-corrected chi connectivity index (χ2v) is 9.98. The van der Waals surface area contributed by atoms with Crippen LogP contribution in [0, 0.1) is 6.92 Å². The van der Waals surface area contributed by atoms with Crippen LogP contribution in [0.15, 0.2) is 47.0 Å². The molecule has 3 aromatic rings. The van der Waals surface area contributed by atoms with Crippen molar-refractivity contribution in [1.82, 2.24) is 15.2 Å². The molecule has 2 aromatic carbocycles. The first-order valence-corrected chi connectivity index (χ1v) is 12.5. The number of methoxy groups -OCH3 is 1. The lowest BCUT2D eigenvalue weighted by molar-refractivity contribution is 0.193. The molecule has 2 aliphatic rings. The number of aromatic nitrogens is 1. The summed E-state index contributed by atoms with van der Waals surface area (Å²) in [6.07, 6.45) is 3.77. The summed E-state index contributed by atoms with van der Waals surface area (Å²) >= 11 is 12.3. The van der Waals surface area contributed by atoms with E-state index in [0.29, 0.717) is 41.3 Å². The van der Waals surface area contributed by atoms with Crippen LogP contribution in [-0.2, 0) is 5.41 Å². The molecule has 0 unspecified atom stereocenters. The number of aryl methyl sites for hydroxylation is 1. The smallest absolute Gasteiger partial charge is 0.317 e. The van der Waals surface area contributed by atoms with Gasteiger partial charge in [-0.1, -0.05) is 29.3 Å². The molecule has 0 bridgehead atoms. The average molecular weight is 515 g/mol. The van der Waals surface area contributed by atoms with Gasteiger partial charge >= 0.3 is 6.03 Å². The topological polar surface area (TPSA) is 70.8 Å². The molecular formula is C26H28Cl2N4O3. The van der Waals surface area contributed by atoms with Gasteiger partial charge in [-0.25, -0.2) is 9.78 Å². The molecular weight excluding hydrogens is 487 g/mol. The van der Waals surface area contributed by atoms with Gasteiger partial charge in [-0.3, -0.25) is 0 Å². The third kappa shape index (κ3) is 4.93. The van der Waals surface area contributed by atoms with E-state index in [0.717, 1.165) is 48.5 Å². The molecule has 2 fully saturated rings. The van der Waals surface area contributed by atoms with Crippen LogP contribution in [-0.4, -0.2) is 55.7 Å². The Labute approximate surface area is 215 Å². The van der Waals surface area contributed by atoms with Crippen molar-refractivity contribution in [3.8, 4) is 17.1 Å². The van der Waals surface area contributed by atoms with E-state index in [4.69, 9.17) is 32.4 Å². The lowest BCUT2D eigenvalue weighted by Gasteiger charge is -2.36. The summed E-state index contributed by atoms with van der Waals surface area (Å²) in [6.45, 7) is 5.21. The fourth-order valence-electron chi connectivity index (χ4n) is 4.63. The first-order valence-electron chi connectivity index (χ1n) is 11.7. The molecule has 0 spiro atoms. The third-order valence-electron chi connectivity index (χ3n) is 6.97. The SMILES string of the molecule is COc1cc(N2CCN(C(=O)NCC3(c4ccc(Cl)c(Cl)c4)CC3)CC2)ccc1-c1cnc(C)o1. The van der Waals surface area contributed by atoms with Gasteiger partial charge in [-0.05, 0) is 42.7 Å². The number of nitrogens with zero attached hydrogens (tertiary/aromatic N) is 3. The molecule has 184 valence electrons. The van der Waals surface area contributed by atoms with Gasteiger partial charge in [0.2, 0.25) is 0 Å². The molecule has 1 saturated carbocycles. The lowest BCUT2D eigenvalue weighted by atomic mass is 9.96. The summed E-state index contributed by atoms with van der Waals surface area (Å²) < 4.78 is 11.3. The minimum Gasteiger partial charge on any atom is -0.496 e. The van der Waals surface area contributed by atoms with Crippen LogP contribution in [0.2, 0.25) is 10.0 Å². The van der Waals surface area contributed by atoms with Crippen molar-refractivity contribution in [3.05, 3.63) is 64.1 Å². The predicted molar refractivity (Wildman–Crippen MR) is 138 cm³/mol. The van der Waals surface area contributed by atoms with Crippen LogP contribution in [0.5, 0.6) is 5.75 Å². The van der Waals surface area contributed by atoms with Gasteiger partial charge in [0.1, 0.15) is 5.75 Å². The van der Waals surface area contributed by atoms with Crippen LogP contribution in [0.4, 0.5) is 10.5 Å². The molecule has 7 nitrogen and oxygen atoms in total. The highest BCUT2D eigenvalue weighted by Crippen LogP contribution is 2.48. The highest BCUT2D eigenvalue weighted by Gasteiger charge is 2.44. The minimum absolute atomic E-state index is 0.0235. The quantitative estimate of drug-likeness (QED) is 0.468. The number of anilines is 1. The number of hydrogen-bond acceptors (Lipinski definition) is 5. The maximum Gasteiger partial charge on any atom is 0.317 e. The van der Waals surface area contributed by atoms with Crippen molar-refractivity contribution in [3.63, 3.8) is 0 Å². The summed E-state index contributed by atoms with van der Waals surface area (Å²) in [6, 6.07) is 11.8. The maximum absolute atomic E-state index is 12.9. The fraction of sp³-hybridized carbons (Fsp3) is 0.385. The number of amides is 2. The molecule has 0 atom stereocenters. The maximum atomic E-state index is 12.9. The number of oxazole rings is 1. The van der Waals surface area contributed by atoms with Crippen LogP contribution >= 0.6 is 23.2 Å². The molecule has 5 rings (SSSR count). The third-order valence-corrected chi connectivity index (χ3v) is 7.71. The Morgan fingerprint density at radius 3 is 2.51 bits per heavy atom. The summed E-state index contributed by atoms with van der Waals surface area (Å²) in [4.78, 5) is 21.2. The Hall–Kier alpha value is -2.90. The zero-order valence-electron chi connectivity index (χ0n) is 19.8. The second kappa shape index (κ2) is 9.63. The highest BCUT2D eigenvalue weighted by molar-refractivity contribution is 6.42. The standard InChI is InChI=1S/C26H28Cl2N4O3/c1-17-29-15-24(35-17)20-5-4-19(14-23(20)34-2)31-9-11-32(12-10-31)25(33)30-16-26(7-8-26)18-3-6-21(27)22(28)13-18/h3-6,13-15H,7-12,16H2,1-2H3,(H,30,33). The number of rotatable bonds is 6. The van der Waals surface area contributed by atoms with Crippen LogP contribution in [0.25, 0.3) is 11.3 Å². The van der Waals surface area contributed by atoms with E-state index < -0.39 is 0 Å². The molecule has 1 aromatic heterocycles. The summed E-state index contributed by atoms with van der Waals surface area (Å²) in [5.41, 5.74) is 3.02. The summed E-state index contributed by atoms with van der Waals surface area (Å²) in [7, 11) is 1.65. The Bertz CT molecular complexity index is 1230. The van der Waals surface area contributed by atoms with Crippen LogP contribution < -0.4 is 15.0 Å². The van der Waals surface area contributed by atoms with Gasteiger partial charge in [-0.15, -0.1) is 0 Å². The van der Waals surface area contributed by atoms with Gasteiger partial charge in [0.05, 0.1) is 28.9 Å². The summed E-state index contributed by atoms with van der Waals surface area (Å²) in [5, 5.41) is 4.25. The molecule has 1 aliphatic carbocycles. The van der Waals surface area contributed by atoms with E-state index >= 15 is 0 Å². The van der Waals surface area contributed by atoms with Crippen molar-refractivity contribution in [2.24, 2.45) is 0 Å². The highest BCUT2D eigenvalue weighted by atomic mass is 35.5. The van der Waals surface area contributed by atoms with Gasteiger partial charge in [0.15, 0.2) is 11.7 Å². The van der Waals surface area contributed by atoms with E-state index in [-0.39, 0.29) is 11.4 Å². The number of ether oxygens (including phenoxy) is 1. The average Bonchev–Trinajstić information content (AvgIpc) is 3.56. The van der Waals surface area contributed by atoms with E-state index in [2.05, 4.69) is 21.3 Å². The number of hydrogen-bond donors (Lipinski definition) is 1. The zero-order valence-corrected chi connectivity index (χ0v) is 21.3. The summed E-state index contributed by atoms with van der Waals surface area (Å²) in [5.74, 6) is 2.03. The molecule has 9 heteroatoms. The number of carbonyl (C=O) groups is 1. The molecule has 1 aliphatic heterocycles. The fourth-order valence-corrected chi connectivity index (χ4v) is 4.93. The van der Waals surface area contributed by atoms with Crippen molar-refractivity contribution in [2.45, 2.75) is 25.2 Å². The second-order valence-electron chi connectivity index (χ2n) is 9.17. The number of benzene rings is 2. The van der Waals surface area contributed by atoms with Crippen molar-refractivity contribution < 1.29 is 13.9 Å². The van der Waals surface area contributed by atoms with Gasteiger partial charge in [0, 0.05) is 56.8 Å². The largest absolute Gasteiger partial charge is 0.496 e. The van der Waals surface area contributed by atoms with Crippen molar-refractivity contribution >= 4 is 34.9 Å². The van der Waals surface area contributed by atoms with Crippen LogP contribution in [0.1, 0.15) is 24.3 Å². The van der Waals surface area contributed by atoms with E-state index in [1.165, 1.54) is 0 Å². The molecule has 2 heterocycles.